The highest BCUT2D eigenvalue weighted by Gasteiger charge is 2.51. The summed E-state index contributed by atoms with van der Waals surface area (Å²) < 4.78 is 30.5. The number of nitrogens with one attached hydrogen (secondary N) is 1. The fourth-order valence-corrected chi connectivity index (χ4v) is 3.02. The molecule has 6 nitrogen and oxygen atoms in total. The van der Waals surface area contributed by atoms with Gasteiger partial charge in [0.2, 0.25) is 10.0 Å². The van der Waals surface area contributed by atoms with Crippen LogP contribution in [0.15, 0.2) is 24.3 Å². The Morgan fingerprint density at radius 3 is 2.40 bits per heavy atom. The Labute approximate surface area is 117 Å². The first-order valence-electron chi connectivity index (χ1n) is 6.23. The molecule has 2 N–H and O–H groups in total. The van der Waals surface area contributed by atoms with Crippen molar-refractivity contribution in [1.82, 2.24) is 0 Å². The van der Waals surface area contributed by atoms with Crippen LogP contribution in [-0.2, 0) is 25.0 Å². The summed E-state index contributed by atoms with van der Waals surface area (Å²) >= 11 is 0. The number of hydrogen-bond acceptors (Lipinski definition) is 4. The Morgan fingerprint density at radius 1 is 1.35 bits per heavy atom. The lowest BCUT2D eigenvalue weighted by molar-refractivity contribution is -0.140. The molecule has 20 heavy (non-hydrogen) atoms. The predicted molar refractivity (Wildman–Crippen MR) is 74.3 cm³/mol. The van der Waals surface area contributed by atoms with Gasteiger partial charge in [-0.2, -0.15) is 0 Å². The maximum Gasteiger partial charge on any atom is 0.314 e. The minimum absolute atomic E-state index is 0.121. The van der Waals surface area contributed by atoms with Gasteiger partial charge in [-0.05, 0) is 30.5 Å². The van der Waals surface area contributed by atoms with Crippen molar-refractivity contribution in [3.8, 4) is 0 Å². The summed E-state index contributed by atoms with van der Waals surface area (Å²) in [6.45, 7) is 0.121. The third-order valence-electron chi connectivity index (χ3n) is 3.43. The maximum atomic E-state index is 11.7. The molecule has 0 spiro atoms. The second-order valence-corrected chi connectivity index (χ2v) is 6.72. The molecule has 0 radical (unpaired) electrons. The zero-order chi connectivity index (χ0) is 14.8. The van der Waals surface area contributed by atoms with Crippen molar-refractivity contribution >= 4 is 21.7 Å². The summed E-state index contributed by atoms with van der Waals surface area (Å²) in [6, 6.07) is 6.50. The molecule has 0 atom stereocenters. The first-order chi connectivity index (χ1) is 9.39. The Hall–Kier alpha value is -1.60. The lowest BCUT2D eigenvalue weighted by Crippen LogP contribution is -2.21. The number of carboxylic acids is 1. The van der Waals surface area contributed by atoms with E-state index in [4.69, 9.17) is 4.74 Å². The van der Waals surface area contributed by atoms with E-state index in [2.05, 4.69) is 4.72 Å². The van der Waals surface area contributed by atoms with E-state index in [1.165, 1.54) is 7.11 Å². The first kappa shape index (κ1) is 14.8. The van der Waals surface area contributed by atoms with Crippen molar-refractivity contribution in [3.05, 3.63) is 29.8 Å². The molecule has 1 fully saturated rings. The standard InChI is InChI=1S/C13H17NO5S/c1-19-8-9-20(17,18)14-11-4-2-10(3-5-11)13(6-7-13)12(15)16/h2-5,14H,6-9H2,1H3,(H,15,16). The van der Waals surface area contributed by atoms with E-state index < -0.39 is 21.4 Å². The lowest BCUT2D eigenvalue weighted by Gasteiger charge is -2.12. The maximum absolute atomic E-state index is 11.7. The number of hydrogen-bond donors (Lipinski definition) is 2. The van der Waals surface area contributed by atoms with E-state index in [1.807, 2.05) is 0 Å². The highest BCUT2D eigenvalue weighted by atomic mass is 32.2. The first-order valence-corrected chi connectivity index (χ1v) is 7.88. The molecule has 2 rings (SSSR count). The number of aliphatic carboxylic acids is 1. The fraction of sp³-hybridized carbons (Fsp3) is 0.462. The van der Waals surface area contributed by atoms with Gasteiger partial charge in [-0.3, -0.25) is 9.52 Å². The van der Waals surface area contributed by atoms with Crippen molar-refractivity contribution in [2.24, 2.45) is 0 Å². The van der Waals surface area contributed by atoms with Crippen molar-refractivity contribution in [2.75, 3.05) is 24.2 Å². The van der Waals surface area contributed by atoms with Crippen molar-refractivity contribution < 1.29 is 23.1 Å². The van der Waals surface area contributed by atoms with Crippen LogP contribution >= 0.6 is 0 Å². The molecule has 1 aliphatic rings. The van der Waals surface area contributed by atoms with Gasteiger partial charge in [0.15, 0.2) is 0 Å². The van der Waals surface area contributed by atoms with Gasteiger partial charge in [0.05, 0.1) is 17.8 Å². The summed E-state index contributed by atoms with van der Waals surface area (Å²) in [5.74, 6) is -0.949. The van der Waals surface area contributed by atoms with Crippen LogP contribution in [0.1, 0.15) is 18.4 Å². The molecule has 0 unspecified atom stereocenters. The zero-order valence-corrected chi connectivity index (χ0v) is 11.9. The quantitative estimate of drug-likeness (QED) is 0.789. The number of methoxy groups -OCH3 is 1. The minimum atomic E-state index is -3.44. The van der Waals surface area contributed by atoms with Crippen molar-refractivity contribution in [1.29, 1.82) is 0 Å². The van der Waals surface area contributed by atoms with Crippen LogP contribution in [0.3, 0.4) is 0 Å². The van der Waals surface area contributed by atoms with Crippen LogP contribution in [0.5, 0.6) is 0 Å². The molecule has 0 heterocycles. The number of rotatable bonds is 7. The molecule has 0 bridgehead atoms. The lowest BCUT2D eigenvalue weighted by atomic mass is 9.96. The number of carbonyl (C=O) groups is 1. The fourth-order valence-electron chi connectivity index (χ4n) is 2.03. The van der Waals surface area contributed by atoms with E-state index >= 15 is 0 Å². The highest BCUT2D eigenvalue weighted by Crippen LogP contribution is 2.48. The molecular formula is C13H17NO5S. The SMILES string of the molecule is COCCS(=O)(=O)Nc1ccc(C2(C(=O)O)CC2)cc1. The van der Waals surface area contributed by atoms with E-state index in [-0.39, 0.29) is 12.4 Å². The van der Waals surface area contributed by atoms with E-state index in [0.717, 1.165) is 0 Å². The Bertz CT molecular complexity index is 590. The number of benzene rings is 1. The Morgan fingerprint density at radius 2 is 1.95 bits per heavy atom. The molecule has 110 valence electrons. The second kappa shape index (κ2) is 5.41. The highest BCUT2D eigenvalue weighted by molar-refractivity contribution is 7.92. The topological polar surface area (TPSA) is 92.7 Å². The van der Waals surface area contributed by atoms with Gasteiger partial charge in [0, 0.05) is 12.8 Å². The van der Waals surface area contributed by atoms with Crippen LogP contribution < -0.4 is 4.72 Å². The van der Waals surface area contributed by atoms with Crippen molar-refractivity contribution in [2.45, 2.75) is 18.3 Å². The van der Waals surface area contributed by atoms with Crippen LogP contribution in [-0.4, -0.2) is 39.0 Å². The molecule has 1 aromatic rings. The summed E-state index contributed by atoms with van der Waals surface area (Å²) in [5, 5.41) is 9.18. The predicted octanol–water partition coefficient (Wildman–Crippen LogP) is 1.19. The average Bonchev–Trinajstić information content (AvgIpc) is 3.18. The average molecular weight is 299 g/mol. The molecule has 0 amide bonds. The summed E-state index contributed by atoms with van der Waals surface area (Å²) in [5.41, 5.74) is 0.365. The van der Waals surface area contributed by atoms with Crippen LogP contribution in [0.25, 0.3) is 0 Å². The molecule has 1 saturated carbocycles. The Kier molecular flexibility index (Phi) is 4.01. The third kappa shape index (κ3) is 3.10. The van der Waals surface area contributed by atoms with Gasteiger partial charge >= 0.3 is 5.97 Å². The van der Waals surface area contributed by atoms with E-state index in [1.54, 1.807) is 24.3 Å². The zero-order valence-electron chi connectivity index (χ0n) is 11.1. The third-order valence-corrected chi connectivity index (χ3v) is 4.68. The molecular weight excluding hydrogens is 282 g/mol. The van der Waals surface area contributed by atoms with E-state index in [9.17, 15) is 18.3 Å². The molecule has 1 aliphatic carbocycles. The second-order valence-electron chi connectivity index (χ2n) is 4.88. The summed E-state index contributed by atoms with van der Waals surface area (Å²) in [7, 11) is -2.00. The van der Waals surface area contributed by atoms with Crippen LogP contribution in [0, 0.1) is 0 Å². The number of sulfonamides is 1. The molecule has 0 aliphatic heterocycles. The van der Waals surface area contributed by atoms with Gasteiger partial charge in [-0.25, -0.2) is 8.42 Å². The largest absolute Gasteiger partial charge is 0.481 e. The number of ether oxygens (including phenoxy) is 1. The van der Waals surface area contributed by atoms with Gasteiger partial charge < -0.3 is 9.84 Å². The molecule has 0 aromatic heterocycles. The monoisotopic (exact) mass is 299 g/mol. The summed E-state index contributed by atoms with van der Waals surface area (Å²) in [4.78, 5) is 11.2. The smallest absolute Gasteiger partial charge is 0.314 e. The Balaban J connectivity index is 2.08. The van der Waals surface area contributed by atoms with Gasteiger partial charge in [-0.15, -0.1) is 0 Å². The van der Waals surface area contributed by atoms with Crippen LogP contribution in [0.2, 0.25) is 0 Å². The van der Waals surface area contributed by atoms with Crippen molar-refractivity contribution in [3.63, 3.8) is 0 Å². The number of carboxylic acid groups (broad SMARTS) is 1. The van der Waals surface area contributed by atoms with Gasteiger partial charge in [0.1, 0.15) is 0 Å². The molecule has 0 saturated heterocycles. The summed E-state index contributed by atoms with van der Waals surface area (Å²) in [6.07, 6.45) is 1.25. The number of anilines is 1. The minimum Gasteiger partial charge on any atom is -0.481 e. The normalized spacial score (nSPS) is 16.6. The molecule has 1 aromatic carbocycles. The van der Waals surface area contributed by atoms with Gasteiger partial charge in [-0.1, -0.05) is 12.1 Å². The van der Waals surface area contributed by atoms with E-state index in [0.29, 0.717) is 24.1 Å². The molecule has 7 heteroatoms. The van der Waals surface area contributed by atoms with Gasteiger partial charge in [0.25, 0.3) is 0 Å². The van der Waals surface area contributed by atoms with Crippen LogP contribution in [0.4, 0.5) is 5.69 Å².